The lowest BCUT2D eigenvalue weighted by Gasteiger charge is -2.34. The minimum absolute atomic E-state index is 0.0453. The van der Waals surface area contributed by atoms with Crippen molar-refractivity contribution in [1.29, 1.82) is 0 Å². The van der Waals surface area contributed by atoms with E-state index >= 15 is 0 Å². The van der Waals surface area contributed by atoms with E-state index in [-0.39, 0.29) is 30.2 Å². The third-order valence-electron chi connectivity index (χ3n) is 5.11. The molecule has 1 aromatic carbocycles. The van der Waals surface area contributed by atoms with Crippen LogP contribution in [0.2, 0.25) is 0 Å². The molecule has 3 rings (SSSR count). The van der Waals surface area contributed by atoms with E-state index in [2.05, 4.69) is 5.32 Å². The van der Waals surface area contributed by atoms with Gasteiger partial charge in [0, 0.05) is 31.1 Å². The third kappa shape index (κ3) is 6.32. The molecule has 8 heteroatoms. The molecule has 0 bridgehead atoms. The van der Waals surface area contributed by atoms with Crippen molar-refractivity contribution in [1.82, 2.24) is 10.2 Å². The third-order valence-corrected chi connectivity index (χ3v) is 6.02. The van der Waals surface area contributed by atoms with Crippen LogP contribution in [0.3, 0.4) is 0 Å². The van der Waals surface area contributed by atoms with Gasteiger partial charge in [0.05, 0.1) is 12.0 Å². The number of ketones is 1. The number of methoxy groups -OCH3 is 1. The van der Waals surface area contributed by atoms with Crippen molar-refractivity contribution in [2.75, 3.05) is 20.2 Å². The van der Waals surface area contributed by atoms with Gasteiger partial charge in [-0.05, 0) is 68.8 Å². The van der Waals surface area contributed by atoms with Gasteiger partial charge in [-0.1, -0.05) is 6.07 Å². The zero-order chi connectivity index (χ0) is 23.3. The molecule has 172 valence electrons. The van der Waals surface area contributed by atoms with Gasteiger partial charge in [0.1, 0.15) is 11.4 Å². The summed E-state index contributed by atoms with van der Waals surface area (Å²) >= 11 is 1.38. The van der Waals surface area contributed by atoms with Gasteiger partial charge in [0.25, 0.3) is 5.91 Å². The summed E-state index contributed by atoms with van der Waals surface area (Å²) < 4.78 is 10.8. The van der Waals surface area contributed by atoms with Gasteiger partial charge in [-0.3, -0.25) is 9.59 Å². The van der Waals surface area contributed by atoms with Crippen molar-refractivity contribution >= 4 is 29.1 Å². The number of hydrogen-bond acceptors (Lipinski definition) is 6. The van der Waals surface area contributed by atoms with Crippen LogP contribution in [0.4, 0.5) is 4.79 Å². The van der Waals surface area contributed by atoms with Crippen molar-refractivity contribution in [3.8, 4) is 5.75 Å². The number of benzene rings is 1. The van der Waals surface area contributed by atoms with E-state index in [1.165, 1.54) is 11.3 Å². The number of nitrogens with one attached hydrogen (secondary N) is 1. The Hall–Kier alpha value is -2.87. The standard InChI is InChI=1S/C24H30N2O5S/c1-24(2,3)31-23(29)26-11-5-7-17(15-26)25-22(28)19-10-9-18(30-4)13-16(19)14-20(27)21-8-6-12-32-21/h6,8-10,12-13,17H,5,7,11,14-15H2,1-4H3,(H,25,28). The lowest BCUT2D eigenvalue weighted by Crippen LogP contribution is -2.50. The van der Waals surface area contributed by atoms with Crippen LogP contribution >= 0.6 is 11.3 Å². The lowest BCUT2D eigenvalue weighted by atomic mass is 9.99. The molecule has 2 amide bonds. The maximum absolute atomic E-state index is 13.1. The molecule has 1 aliphatic rings. The normalized spacial score (nSPS) is 16.4. The van der Waals surface area contributed by atoms with E-state index in [4.69, 9.17) is 9.47 Å². The van der Waals surface area contributed by atoms with Crippen LogP contribution in [0, 0.1) is 0 Å². The summed E-state index contributed by atoms with van der Waals surface area (Å²) in [6.07, 6.45) is 1.28. The summed E-state index contributed by atoms with van der Waals surface area (Å²) in [5, 5.41) is 4.88. The highest BCUT2D eigenvalue weighted by atomic mass is 32.1. The second-order valence-electron chi connectivity index (χ2n) is 8.84. The number of amides is 2. The first-order chi connectivity index (χ1) is 15.2. The molecule has 1 atom stereocenters. The molecule has 32 heavy (non-hydrogen) atoms. The molecular formula is C24H30N2O5S. The molecule has 1 aliphatic heterocycles. The van der Waals surface area contributed by atoms with Crippen molar-refractivity contribution in [3.05, 3.63) is 51.7 Å². The smallest absolute Gasteiger partial charge is 0.410 e. The van der Waals surface area contributed by atoms with E-state index in [9.17, 15) is 14.4 Å². The van der Waals surface area contributed by atoms with Crippen LogP contribution in [0.25, 0.3) is 0 Å². The number of Topliss-reactive ketones (excluding diaryl/α,β-unsaturated/α-hetero) is 1. The van der Waals surface area contributed by atoms with Crippen molar-refractivity contribution in [2.45, 2.75) is 51.7 Å². The van der Waals surface area contributed by atoms with Crippen molar-refractivity contribution in [3.63, 3.8) is 0 Å². The number of ether oxygens (including phenoxy) is 2. The molecule has 1 unspecified atom stereocenters. The summed E-state index contributed by atoms with van der Waals surface area (Å²) in [6, 6.07) is 8.54. The topological polar surface area (TPSA) is 84.9 Å². The van der Waals surface area contributed by atoms with Crippen molar-refractivity contribution < 1.29 is 23.9 Å². The largest absolute Gasteiger partial charge is 0.497 e. The van der Waals surface area contributed by atoms with Crippen LogP contribution in [0.1, 0.15) is 59.2 Å². The highest BCUT2D eigenvalue weighted by molar-refractivity contribution is 7.12. The molecular weight excluding hydrogens is 428 g/mol. The number of carbonyl (C=O) groups is 3. The second kappa shape index (κ2) is 10.2. The second-order valence-corrected chi connectivity index (χ2v) is 9.79. The molecule has 1 N–H and O–H groups in total. The fourth-order valence-corrected chi connectivity index (χ4v) is 4.28. The molecule has 1 saturated heterocycles. The van der Waals surface area contributed by atoms with Gasteiger partial charge < -0.3 is 19.7 Å². The number of piperidine rings is 1. The molecule has 0 aliphatic carbocycles. The minimum Gasteiger partial charge on any atom is -0.497 e. The summed E-state index contributed by atoms with van der Waals surface area (Å²) in [5.74, 6) is 0.276. The summed E-state index contributed by atoms with van der Waals surface area (Å²) in [6.45, 7) is 6.48. The quantitative estimate of drug-likeness (QED) is 0.652. The zero-order valence-electron chi connectivity index (χ0n) is 19.0. The Kier molecular flexibility index (Phi) is 7.56. The Morgan fingerprint density at radius 3 is 2.66 bits per heavy atom. The number of thiophene rings is 1. The molecule has 2 aromatic rings. The number of hydrogen-bond donors (Lipinski definition) is 1. The van der Waals surface area contributed by atoms with Gasteiger partial charge >= 0.3 is 6.09 Å². The summed E-state index contributed by atoms with van der Waals surface area (Å²) in [7, 11) is 1.55. The predicted octanol–water partition coefficient (Wildman–Crippen LogP) is 4.31. The highest BCUT2D eigenvalue weighted by Gasteiger charge is 2.29. The monoisotopic (exact) mass is 458 g/mol. The Balaban J connectivity index is 1.71. The molecule has 0 spiro atoms. The fraction of sp³-hybridized carbons (Fsp3) is 0.458. The maximum Gasteiger partial charge on any atom is 0.410 e. The fourth-order valence-electron chi connectivity index (χ4n) is 3.61. The first-order valence-electron chi connectivity index (χ1n) is 10.7. The van der Waals surface area contributed by atoms with E-state index in [0.717, 1.165) is 12.8 Å². The predicted molar refractivity (Wildman–Crippen MR) is 124 cm³/mol. The maximum atomic E-state index is 13.1. The van der Waals surface area contributed by atoms with Gasteiger partial charge in [-0.25, -0.2) is 4.79 Å². The van der Waals surface area contributed by atoms with E-state index in [1.54, 1.807) is 36.3 Å². The summed E-state index contributed by atoms with van der Waals surface area (Å²) in [5.41, 5.74) is 0.477. The molecule has 0 saturated carbocycles. The first-order valence-corrected chi connectivity index (χ1v) is 11.6. The minimum atomic E-state index is -0.569. The molecule has 1 aromatic heterocycles. The molecule has 2 heterocycles. The van der Waals surface area contributed by atoms with Crippen molar-refractivity contribution in [2.24, 2.45) is 0 Å². The highest BCUT2D eigenvalue weighted by Crippen LogP contribution is 2.22. The SMILES string of the molecule is COc1ccc(C(=O)NC2CCCN(C(=O)OC(C)(C)C)C2)c(CC(=O)c2cccs2)c1. The Labute approximate surface area is 192 Å². The van der Waals surface area contributed by atoms with Gasteiger partial charge in [0.15, 0.2) is 5.78 Å². The first kappa shape index (κ1) is 23.8. The molecule has 1 fully saturated rings. The Bertz CT molecular complexity index is 965. The Morgan fingerprint density at radius 2 is 2.00 bits per heavy atom. The van der Waals surface area contributed by atoms with E-state index < -0.39 is 5.60 Å². The number of rotatable bonds is 6. The van der Waals surface area contributed by atoms with Crippen LogP contribution < -0.4 is 10.1 Å². The number of nitrogens with zero attached hydrogens (tertiary/aromatic N) is 1. The lowest BCUT2D eigenvalue weighted by molar-refractivity contribution is 0.0185. The number of carbonyl (C=O) groups excluding carboxylic acids is 3. The average molecular weight is 459 g/mol. The van der Waals surface area contributed by atoms with Gasteiger partial charge in [-0.2, -0.15) is 0 Å². The van der Waals surface area contributed by atoms with E-state index in [1.807, 2.05) is 32.2 Å². The molecule has 0 radical (unpaired) electrons. The van der Waals surface area contributed by atoms with Crippen LogP contribution in [-0.4, -0.2) is 54.5 Å². The van der Waals surface area contributed by atoms with Crippen LogP contribution in [0.5, 0.6) is 5.75 Å². The van der Waals surface area contributed by atoms with Crippen LogP contribution in [0.15, 0.2) is 35.7 Å². The summed E-state index contributed by atoms with van der Waals surface area (Å²) in [4.78, 5) is 40.5. The van der Waals surface area contributed by atoms with Gasteiger partial charge in [0.2, 0.25) is 0 Å². The molecule has 7 nitrogen and oxygen atoms in total. The zero-order valence-corrected chi connectivity index (χ0v) is 19.8. The van der Waals surface area contributed by atoms with E-state index in [0.29, 0.717) is 34.8 Å². The Morgan fingerprint density at radius 1 is 1.22 bits per heavy atom. The van der Waals surface area contributed by atoms with Gasteiger partial charge in [-0.15, -0.1) is 11.3 Å². The number of likely N-dealkylation sites (tertiary alicyclic amines) is 1. The van der Waals surface area contributed by atoms with Crippen LogP contribution in [-0.2, 0) is 11.2 Å². The average Bonchev–Trinajstić information content (AvgIpc) is 3.27.